The summed E-state index contributed by atoms with van der Waals surface area (Å²) < 4.78 is 11.0. The Morgan fingerprint density at radius 3 is 2.37 bits per heavy atom. The number of allylic oxidation sites excluding steroid dienone is 1. The molecule has 0 unspecified atom stereocenters. The van der Waals surface area contributed by atoms with E-state index in [9.17, 15) is 0 Å². The Balaban J connectivity index is 2.06. The van der Waals surface area contributed by atoms with Crippen LogP contribution in [-0.2, 0) is 16.1 Å². The lowest BCUT2D eigenvalue weighted by Gasteiger charge is -2.08. The molecule has 0 fully saturated rings. The highest BCUT2D eigenvalue weighted by molar-refractivity contribution is 6.35. The molecule has 0 aliphatic carbocycles. The highest BCUT2D eigenvalue weighted by Crippen LogP contribution is 2.24. The van der Waals surface area contributed by atoms with E-state index in [2.05, 4.69) is 6.58 Å². The summed E-state index contributed by atoms with van der Waals surface area (Å²) in [4.78, 5) is 0. The minimum atomic E-state index is 0.415. The van der Waals surface area contributed by atoms with Gasteiger partial charge in [-0.25, -0.2) is 0 Å². The van der Waals surface area contributed by atoms with Gasteiger partial charge < -0.3 is 9.47 Å². The first-order chi connectivity index (χ1) is 9.25. The Morgan fingerprint density at radius 1 is 1.00 bits per heavy atom. The summed E-state index contributed by atoms with van der Waals surface area (Å²) in [5, 5.41) is 1.27. The standard InChI is InChI=1S/C15H20Cl2O2/c1-2-3-4-5-9-18-10-11-19-12-13-14(16)7-6-8-15(13)17/h2,6-8H,1,3-5,9-12H2. The van der Waals surface area contributed by atoms with Gasteiger partial charge in [0, 0.05) is 22.2 Å². The van der Waals surface area contributed by atoms with Crippen molar-refractivity contribution in [3.63, 3.8) is 0 Å². The molecule has 19 heavy (non-hydrogen) atoms. The van der Waals surface area contributed by atoms with E-state index in [1.807, 2.05) is 24.3 Å². The van der Waals surface area contributed by atoms with Crippen molar-refractivity contribution in [2.24, 2.45) is 0 Å². The second kappa shape index (κ2) is 10.3. The van der Waals surface area contributed by atoms with Crippen LogP contribution in [0.15, 0.2) is 30.9 Å². The van der Waals surface area contributed by atoms with Gasteiger partial charge in [0.2, 0.25) is 0 Å². The maximum atomic E-state index is 6.04. The number of halogens is 2. The molecule has 2 nitrogen and oxygen atoms in total. The average Bonchev–Trinajstić information content (AvgIpc) is 2.40. The smallest absolute Gasteiger partial charge is 0.0747 e. The second-order valence-electron chi connectivity index (χ2n) is 4.15. The minimum Gasteiger partial charge on any atom is -0.379 e. The molecule has 0 atom stereocenters. The fourth-order valence-electron chi connectivity index (χ4n) is 1.56. The van der Waals surface area contributed by atoms with Crippen LogP contribution >= 0.6 is 23.2 Å². The van der Waals surface area contributed by atoms with Crippen molar-refractivity contribution in [1.29, 1.82) is 0 Å². The van der Waals surface area contributed by atoms with E-state index in [-0.39, 0.29) is 0 Å². The van der Waals surface area contributed by atoms with Gasteiger partial charge in [-0.15, -0.1) is 6.58 Å². The molecular weight excluding hydrogens is 283 g/mol. The summed E-state index contributed by atoms with van der Waals surface area (Å²) in [5.41, 5.74) is 0.830. The summed E-state index contributed by atoms with van der Waals surface area (Å²) in [6.45, 7) is 6.00. The van der Waals surface area contributed by atoms with Gasteiger partial charge in [0.25, 0.3) is 0 Å². The molecule has 106 valence electrons. The van der Waals surface area contributed by atoms with Crippen molar-refractivity contribution in [3.05, 3.63) is 46.5 Å². The van der Waals surface area contributed by atoms with Crippen LogP contribution in [0.5, 0.6) is 0 Å². The first-order valence-electron chi connectivity index (χ1n) is 6.45. The molecule has 1 aromatic carbocycles. The van der Waals surface area contributed by atoms with Gasteiger partial charge in [-0.05, 0) is 31.4 Å². The van der Waals surface area contributed by atoms with Gasteiger partial charge in [-0.3, -0.25) is 0 Å². The van der Waals surface area contributed by atoms with Crippen LogP contribution in [0, 0.1) is 0 Å². The lowest BCUT2D eigenvalue weighted by molar-refractivity contribution is 0.0395. The molecule has 0 aliphatic heterocycles. The van der Waals surface area contributed by atoms with Gasteiger partial charge in [-0.2, -0.15) is 0 Å². The Hall–Kier alpha value is -0.540. The fourth-order valence-corrected chi connectivity index (χ4v) is 2.06. The van der Waals surface area contributed by atoms with Crippen molar-refractivity contribution in [1.82, 2.24) is 0 Å². The summed E-state index contributed by atoms with van der Waals surface area (Å²) in [6.07, 6.45) is 5.16. The quantitative estimate of drug-likeness (QED) is 0.453. The molecule has 4 heteroatoms. The molecule has 0 aromatic heterocycles. The Labute approximate surface area is 125 Å². The van der Waals surface area contributed by atoms with Gasteiger partial charge in [-0.1, -0.05) is 35.3 Å². The van der Waals surface area contributed by atoms with Gasteiger partial charge in [0.1, 0.15) is 0 Å². The zero-order chi connectivity index (χ0) is 13.9. The highest BCUT2D eigenvalue weighted by atomic mass is 35.5. The van der Waals surface area contributed by atoms with Crippen LogP contribution < -0.4 is 0 Å². The van der Waals surface area contributed by atoms with E-state index < -0.39 is 0 Å². The van der Waals surface area contributed by atoms with Crippen molar-refractivity contribution in [2.75, 3.05) is 19.8 Å². The van der Waals surface area contributed by atoms with Crippen molar-refractivity contribution in [3.8, 4) is 0 Å². The maximum Gasteiger partial charge on any atom is 0.0747 e. The molecule has 0 saturated heterocycles. The average molecular weight is 303 g/mol. The largest absolute Gasteiger partial charge is 0.379 e. The molecule has 0 aliphatic rings. The number of rotatable bonds is 10. The Kier molecular flexibility index (Phi) is 8.93. The van der Waals surface area contributed by atoms with E-state index >= 15 is 0 Å². The summed E-state index contributed by atoms with van der Waals surface area (Å²) in [6, 6.07) is 5.44. The SMILES string of the molecule is C=CCCCCOCCOCc1c(Cl)cccc1Cl. The van der Waals surface area contributed by atoms with Crippen LogP contribution in [0.25, 0.3) is 0 Å². The third-order valence-corrected chi connectivity index (χ3v) is 3.34. The third kappa shape index (κ3) is 6.98. The van der Waals surface area contributed by atoms with Crippen molar-refractivity contribution in [2.45, 2.75) is 25.9 Å². The molecule has 0 heterocycles. The molecule has 0 amide bonds. The maximum absolute atomic E-state index is 6.04. The van der Waals surface area contributed by atoms with Crippen LogP contribution in [0.3, 0.4) is 0 Å². The number of ether oxygens (including phenoxy) is 2. The van der Waals surface area contributed by atoms with Crippen molar-refractivity contribution < 1.29 is 9.47 Å². The van der Waals surface area contributed by atoms with Gasteiger partial charge in [0.15, 0.2) is 0 Å². The number of hydrogen-bond donors (Lipinski definition) is 0. The molecular formula is C15H20Cl2O2. The molecule has 0 N–H and O–H groups in total. The monoisotopic (exact) mass is 302 g/mol. The van der Waals surface area contributed by atoms with E-state index in [1.165, 1.54) is 0 Å². The second-order valence-corrected chi connectivity index (χ2v) is 4.96. The minimum absolute atomic E-state index is 0.415. The molecule has 0 bridgehead atoms. The molecule has 1 aromatic rings. The molecule has 1 rings (SSSR count). The number of benzene rings is 1. The van der Waals surface area contributed by atoms with E-state index in [0.29, 0.717) is 29.9 Å². The highest BCUT2D eigenvalue weighted by Gasteiger charge is 2.04. The summed E-state index contributed by atoms with van der Waals surface area (Å²) in [5.74, 6) is 0. The Morgan fingerprint density at radius 2 is 1.68 bits per heavy atom. The topological polar surface area (TPSA) is 18.5 Å². The first-order valence-corrected chi connectivity index (χ1v) is 7.20. The summed E-state index contributed by atoms with van der Waals surface area (Å²) in [7, 11) is 0. The zero-order valence-electron chi connectivity index (χ0n) is 11.0. The number of unbranched alkanes of at least 4 members (excludes halogenated alkanes) is 2. The first kappa shape index (κ1) is 16.5. The predicted octanol–water partition coefficient (Wildman–Crippen LogP) is 4.88. The lowest BCUT2D eigenvalue weighted by Crippen LogP contribution is -2.05. The summed E-state index contributed by atoms with van der Waals surface area (Å²) >= 11 is 12.1. The van der Waals surface area contributed by atoms with Crippen LogP contribution in [-0.4, -0.2) is 19.8 Å². The van der Waals surface area contributed by atoms with Crippen LogP contribution in [0.2, 0.25) is 10.0 Å². The van der Waals surface area contributed by atoms with Crippen molar-refractivity contribution >= 4 is 23.2 Å². The van der Waals surface area contributed by atoms with Crippen LogP contribution in [0.1, 0.15) is 24.8 Å². The predicted molar refractivity (Wildman–Crippen MR) is 81.0 cm³/mol. The van der Waals surface area contributed by atoms with E-state index in [1.54, 1.807) is 0 Å². The van der Waals surface area contributed by atoms with Crippen LogP contribution in [0.4, 0.5) is 0 Å². The van der Waals surface area contributed by atoms with Gasteiger partial charge in [0.05, 0.1) is 19.8 Å². The molecule has 0 saturated carbocycles. The lowest BCUT2D eigenvalue weighted by atomic mass is 10.2. The third-order valence-electron chi connectivity index (χ3n) is 2.63. The van der Waals surface area contributed by atoms with E-state index in [4.69, 9.17) is 32.7 Å². The zero-order valence-corrected chi connectivity index (χ0v) is 12.6. The number of hydrogen-bond acceptors (Lipinski definition) is 2. The van der Waals surface area contributed by atoms with E-state index in [0.717, 1.165) is 31.4 Å². The van der Waals surface area contributed by atoms with Gasteiger partial charge >= 0.3 is 0 Å². The molecule has 0 radical (unpaired) electrons. The normalized spacial score (nSPS) is 10.6. The Bertz CT molecular complexity index is 360. The fraction of sp³-hybridized carbons (Fsp3) is 0.467. The molecule has 0 spiro atoms.